The van der Waals surface area contributed by atoms with Crippen LogP contribution in [0, 0.1) is 0 Å². The minimum absolute atomic E-state index is 0.249. The Kier molecular flexibility index (Phi) is 7.17. The Morgan fingerprint density at radius 3 is 2.42 bits per heavy atom. The fraction of sp³-hybridized carbons (Fsp3) is 0.179. The first-order valence-corrected chi connectivity index (χ1v) is 13.4. The molecule has 0 saturated heterocycles. The smallest absolute Gasteiger partial charge is 0.271 e. The van der Waals surface area contributed by atoms with Crippen LogP contribution in [0.25, 0.3) is 6.08 Å². The number of benzene rings is 2. The van der Waals surface area contributed by atoms with E-state index in [0.29, 0.717) is 49.1 Å². The molecule has 0 bridgehead atoms. The molecule has 0 radical (unpaired) electrons. The van der Waals surface area contributed by atoms with Gasteiger partial charge in [-0.1, -0.05) is 35.6 Å². The lowest BCUT2D eigenvalue weighted by Gasteiger charge is -2.24. The van der Waals surface area contributed by atoms with Gasteiger partial charge in [0.25, 0.3) is 11.5 Å². The van der Waals surface area contributed by atoms with Gasteiger partial charge in [0.05, 0.1) is 37.1 Å². The number of carbonyl (C=O) groups is 1. The van der Waals surface area contributed by atoms with Gasteiger partial charge in [0.1, 0.15) is 6.04 Å². The number of methoxy groups -OCH3 is 3. The second-order valence-corrected chi connectivity index (χ2v) is 10.3. The number of thiazole rings is 1. The molecule has 2 aromatic carbocycles. The van der Waals surface area contributed by atoms with Crippen molar-refractivity contribution >= 4 is 40.3 Å². The Morgan fingerprint density at radius 2 is 1.76 bits per heavy atom. The summed E-state index contributed by atoms with van der Waals surface area (Å²) in [4.78, 5) is 33.5. The van der Waals surface area contributed by atoms with Gasteiger partial charge in [-0.25, -0.2) is 4.99 Å². The third kappa shape index (κ3) is 4.52. The molecule has 194 valence electrons. The van der Waals surface area contributed by atoms with E-state index < -0.39 is 6.04 Å². The van der Waals surface area contributed by atoms with E-state index in [1.807, 2.05) is 47.8 Å². The van der Waals surface area contributed by atoms with Gasteiger partial charge in [-0.3, -0.25) is 14.2 Å². The predicted molar refractivity (Wildman–Crippen MR) is 149 cm³/mol. The van der Waals surface area contributed by atoms with E-state index in [1.54, 1.807) is 36.8 Å². The Balaban J connectivity index is 1.66. The first-order chi connectivity index (χ1) is 18.5. The Morgan fingerprint density at radius 1 is 1.00 bits per heavy atom. The maximum atomic E-state index is 13.9. The fourth-order valence-electron chi connectivity index (χ4n) is 4.43. The number of rotatable bonds is 7. The third-order valence-corrected chi connectivity index (χ3v) is 8.04. The Hall–Kier alpha value is -4.15. The SMILES string of the molecule is COc1ccc(/C=c2/sc3n(c2=O)[C@H](c2cccs2)C(C(=O)Nc2ccccc2)=C(C)N=3)c(OC)c1OC. The average molecular weight is 548 g/mol. The average Bonchev–Trinajstić information content (AvgIpc) is 3.56. The van der Waals surface area contributed by atoms with Crippen molar-refractivity contribution in [2.45, 2.75) is 13.0 Å². The maximum absolute atomic E-state index is 13.9. The molecule has 0 unspecified atom stereocenters. The minimum Gasteiger partial charge on any atom is -0.493 e. The molecule has 2 aromatic heterocycles. The zero-order chi connectivity index (χ0) is 26.8. The highest BCUT2D eigenvalue weighted by atomic mass is 32.1. The molecule has 0 aliphatic carbocycles. The van der Waals surface area contributed by atoms with Crippen molar-refractivity contribution in [1.29, 1.82) is 0 Å². The number of amides is 1. The number of allylic oxidation sites excluding steroid dienone is 1. The lowest BCUT2D eigenvalue weighted by Crippen LogP contribution is -2.40. The van der Waals surface area contributed by atoms with Crippen LogP contribution in [0.3, 0.4) is 0 Å². The summed E-state index contributed by atoms with van der Waals surface area (Å²) < 4.78 is 18.5. The highest BCUT2D eigenvalue weighted by molar-refractivity contribution is 7.10. The van der Waals surface area contributed by atoms with E-state index in [2.05, 4.69) is 10.3 Å². The highest BCUT2D eigenvalue weighted by Crippen LogP contribution is 2.40. The summed E-state index contributed by atoms with van der Waals surface area (Å²) in [6.45, 7) is 1.80. The molecular formula is C28H25N3O5S2. The van der Waals surface area contributed by atoms with E-state index in [-0.39, 0.29) is 11.5 Å². The number of fused-ring (bicyclic) bond motifs is 1. The number of hydrogen-bond acceptors (Lipinski definition) is 8. The summed E-state index contributed by atoms with van der Waals surface area (Å²) in [5.74, 6) is 1.10. The molecule has 5 rings (SSSR count). The molecule has 0 saturated carbocycles. The first kappa shape index (κ1) is 25.5. The van der Waals surface area contributed by atoms with Crippen molar-refractivity contribution in [3.05, 3.63) is 101 Å². The summed E-state index contributed by atoms with van der Waals surface area (Å²) in [5, 5.41) is 4.89. The van der Waals surface area contributed by atoms with Gasteiger partial charge < -0.3 is 19.5 Å². The van der Waals surface area contributed by atoms with Crippen LogP contribution in [0.5, 0.6) is 17.2 Å². The van der Waals surface area contributed by atoms with Crippen molar-refractivity contribution in [2.24, 2.45) is 4.99 Å². The topological polar surface area (TPSA) is 91.2 Å². The molecule has 8 nitrogen and oxygen atoms in total. The van der Waals surface area contributed by atoms with Gasteiger partial charge in [0, 0.05) is 16.1 Å². The van der Waals surface area contributed by atoms with Crippen LogP contribution in [0.1, 0.15) is 23.4 Å². The van der Waals surface area contributed by atoms with E-state index in [1.165, 1.54) is 36.9 Å². The van der Waals surface area contributed by atoms with Gasteiger partial charge in [-0.2, -0.15) is 0 Å². The van der Waals surface area contributed by atoms with Crippen LogP contribution >= 0.6 is 22.7 Å². The summed E-state index contributed by atoms with van der Waals surface area (Å²) in [6.07, 6.45) is 1.75. The molecule has 4 aromatic rings. The molecule has 0 fully saturated rings. The van der Waals surface area contributed by atoms with E-state index in [0.717, 1.165) is 4.88 Å². The molecule has 38 heavy (non-hydrogen) atoms. The number of aromatic nitrogens is 1. The van der Waals surface area contributed by atoms with Crippen LogP contribution in [-0.2, 0) is 4.79 Å². The molecule has 10 heteroatoms. The number of nitrogens with one attached hydrogen (secondary N) is 1. The van der Waals surface area contributed by atoms with Gasteiger partial charge >= 0.3 is 0 Å². The predicted octanol–water partition coefficient (Wildman–Crippen LogP) is 3.96. The standard InChI is InChI=1S/C28H25N3O5S2/c1-16-22(26(32)30-18-9-6-5-7-10-18)23(20-11-8-14-37-20)31-27(33)21(38-28(31)29-16)15-17-12-13-19(34-2)25(36-4)24(17)35-3/h5-15,23H,1-4H3,(H,30,32)/b21-15+/t23-/m1/s1. The number of hydrogen-bond donors (Lipinski definition) is 1. The third-order valence-electron chi connectivity index (χ3n) is 6.13. The molecule has 1 aliphatic rings. The summed E-state index contributed by atoms with van der Waals surface area (Å²) in [7, 11) is 4.62. The maximum Gasteiger partial charge on any atom is 0.271 e. The molecule has 1 amide bonds. The van der Waals surface area contributed by atoms with E-state index in [9.17, 15) is 9.59 Å². The molecular weight excluding hydrogens is 522 g/mol. The van der Waals surface area contributed by atoms with Crippen molar-refractivity contribution in [3.63, 3.8) is 0 Å². The van der Waals surface area contributed by atoms with Crippen LogP contribution < -0.4 is 34.4 Å². The molecule has 0 spiro atoms. The number of para-hydroxylation sites is 1. The second kappa shape index (κ2) is 10.7. The van der Waals surface area contributed by atoms with Crippen LogP contribution in [0.15, 0.2) is 81.0 Å². The van der Waals surface area contributed by atoms with Gasteiger partial charge in [-0.15, -0.1) is 11.3 Å². The van der Waals surface area contributed by atoms with Gasteiger partial charge in [-0.05, 0) is 48.7 Å². The van der Waals surface area contributed by atoms with E-state index >= 15 is 0 Å². The minimum atomic E-state index is -0.607. The fourth-order valence-corrected chi connectivity index (χ4v) is 6.29. The normalized spacial score (nSPS) is 15.1. The lowest BCUT2D eigenvalue weighted by atomic mass is 10.0. The number of thiophene rings is 1. The molecule has 1 aliphatic heterocycles. The highest BCUT2D eigenvalue weighted by Gasteiger charge is 2.33. The van der Waals surface area contributed by atoms with Crippen LogP contribution in [0.2, 0.25) is 0 Å². The Bertz CT molecular complexity index is 1700. The van der Waals surface area contributed by atoms with Crippen LogP contribution in [0.4, 0.5) is 5.69 Å². The summed E-state index contributed by atoms with van der Waals surface area (Å²) in [6, 6.07) is 16.0. The van der Waals surface area contributed by atoms with Crippen molar-refractivity contribution in [2.75, 3.05) is 26.6 Å². The van der Waals surface area contributed by atoms with Crippen LogP contribution in [-0.4, -0.2) is 31.8 Å². The summed E-state index contributed by atoms with van der Waals surface area (Å²) >= 11 is 2.75. The van der Waals surface area contributed by atoms with E-state index in [4.69, 9.17) is 14.2 Å². The molecule has 3 heterocycles. The number of ether oxygens (including phenoxy) is 3. The number of carbonyl (C=O) groups excluding carboxylic acids is 1. The number of anilines is 1. The Labute approximate surface area is 226 Å². The number of nitrogens with zero attached hydrogens (tertiary/aromatic N) is 2. The monoisotopic (exact) mass is 547 g/mol. The van der Waals surface area contributed by atoms with Crippen molar-refractivity contribution in [1.82, 2.24) is 4.57 Å². The molecule has 1 atom stereocenters. The quantitative estimate of drug-likeness (QED) is 0.378. The first-order valence-electron chi connectivity index (χ1n) is 11.7. The largest absolute Gasteiger partial charge is 0.493 e. The van der Waals surface area contributed by atoms with Gasteiger partial charge in [0.2, 0.25) is 5.75 Å². The summed E-state index contributed by atoms with van der Waals surface area (Å²) in [5.41, 5.74) is 2.07. The second-order valence-electron chi connectivity index (χ2n) is 8.34. The zero-order valence-electron chi connectivity index (χ0n) is 21.2. The van der Waals surface area contributed by atoms with Gasteiger partial charge in [0.15, 0.2) is 16.3 Å². The lowest BCUT2D eigenvalue weighted by molar-refractivity contribution is -0.113. The molecule has 1 N–H and O–H groups in total. The zero-order valence-corrected chi connectivity index (χ0v) is 22.8. The van der Waals surface area contributed by atoms with Crippen molar-refractivity contribution < 1.29 is 19.0 Å². The van der Waals surface area contributed by atoms with Crippen molar-refractivity contribution in [3.8, 4) is 17.2 Å².